The number of rotatable bonds is 4. The number of hydrogen-bond donors (Lipinski definition) is 1. The average molecular weight is 221 g/mol. The van der Waals surface area contributed by atoms with Gasteiger partial charge in [0.05, 0.1) is 11.8 Å². The fraction of sp³-hybridized carbons (Fsp3) is 0.500. The third-order valence-corrected chi connectivity index (χ3v) is 1.77. The maximum absolute atomic E-state index is 10.7. The molecule has 2 N–H and O–H groups in total. The largest absolute Gasteiger partial charge is 0.359 e. The standard InChI is InChI=1S/C10H13N3O.C2H6/c1-9(14)3-2-6-13-8-10(4-5-11)7-12-13;1-2/h7-8H,2-3,6,11H2,1H3;1-2H3. The Hall–Kier alpha value is -1.76. The Labute approximate surface area is 96.8 Å². The molecular weight excluding hydrogens is 202 g/mol. The van der Waals surface area contributed by atoms with Crippen LogP contribution in [-0.2, 0) is 11.3 Å². The predicted octanol–water partition coefficient (Wildman–Crippen LogP) is 1.55. The summed E-state index contributed by atoms with van der Waals surface area (Å²) in [6.07, 6.45) is 4.89. The van der Waals surface area contributed by atoms with Gasteiger partial charge in [0.15, 0.2) is 0 Å². The summed E-state index contributed by atoms with van der Waals surface area (Å²) in [4.78, 5) is 10.7. The maximum atomic E-state index is 10.7. The summed E-state index contributed by atoms with van der Waals surface area (Å²) < 4.78 is 1.77. The number of ketones is 1. The van der Waals surface area contributed by atoms with Crippen LogP contribution in [0.5, 0.6) is 0 Å². The fourth-order valence-corrected chi connectivity index (χ4v) is 1.12. The Morgan fingerprint density at radius 2 is 2.25 bits per heavy atom. The van der Waals surface area contributed by atoms with Gasteiger partial charge in [-0.1, -0.05) is 13.8 Å². The van der Waals surface area contributed by atoms with Crippen molar-refractivity contribution in [3.05, 3.63) is 18.0 Å². The SMILES string of the molecule is CC.CC(=O)CCCn1cc(C#CN)cn1. The molecule has 16 heavy (non-hydrogen) atoms. The van der Waals surface area contributed by atoms with Crippen molar-refractivity contribution in [1.82, 2.24) is 9.78 Å². The van der Waals surface area contributed by atoms with E-state index in [1.165, 1.54) is 0 Å². The van der Waals surface area contributed by atoms with Crippen molar-refractivity contribution in [1.29, 1.82) is 0 Å². The summed E-state index contributed by atoms with van der Waals surface area (Å²) >= 11 is 0. The highest BCUT2D eigenvalue weighted by atomic mass is 16.1. The van der Waals surface area contributed by atoms with Crippen LogP contribution in [0.4, 0.5) is 0 Å². The summed E-state index contributed by atoms with van der Waals surface area (Å²) in [6, 6.07) is 2.31. The molecule has 0 aliphatic carbocycles. The number of nitrogens with two attached hydrogens (primary N) is 1. The second kappa shape index (κ2) is 8.54. The molecule has 0 bridgehead atoms. The molecule has 0 spiro atoms. The van der Waals surface area contributed by atoms with Crippen LogP contribution in [0, 0.1) is 12.0 Å². The second-order valence-corrected chi connectivity index (χ2v) is 3.07. The molecule has 0 aromatic carbocycles. The monoisotopic (exact) mass is 221 g/mol. The normalized spacial score (nSPS) is 8.44. The van der Waals surface area contributed by atoms with E-state index >= 15 is 0 Å². The highest BCUT2D eigenvalue weighted by Crippen LogP contribution is 1.98. The zero-order valence-corrected chi connectivity index (χ0v) is 10.2. The van der Waals surface area contributed by atoms with Crippen LogP contribution >= 0.6 is 0 Å². The Bertz CT molecular complexity index is 371. The van der Waals surface area contributed by atoms with E-state index in [0.29, 0.717) is 6.42 Å². The first-order valence-electron chi connectivity index (χ1n) is 5.46. The van der Waals surface area contributed by atoms with Gasteiger partial charge in [0.25, 0.3) is 0 Å². The zero-order chi connectivity index (χ0) is 12.4. The first kappa shape index (κ1) is 14.2. The Balaban J connectivity index is 0.00000106. The molecule has 1 aromatic heterocycles. The van der Waals surface area contributed by atoms with E-state index in [9.17, 15) is 4.79 Å². The number of carbonyl (C=O) groups excluding carboxylic acids is 1. The molecule has 1 heterocycles. The molecule has 0 radical (unpaired) electrons. The third kappa shape index (κ3) is 5.86. The second-order valence-electron chi connectivity index (χ2n) is 3.07. The number of aryl methyl sites for hydroxylation is 1. The van der Waals surface area contributed by atoms with Crippen LogP contribution in [0.1, 0.15) is 39.2 Å². The Kier molecular flexibility index (Phi) is 7.60. The highest BCUT2D eigenvalue weighted by molar-refractivity contribution is 5.75. The lowest BCUT2D eigenvalue weighted by Gasteiger charge is -1.97. The van der Waals surface area contributed by atoms with Gasteiger partial charge < -0.3 is 10.5 Å². The van der Waals surface area contributed by atoms with E-state index in [0.717, 1.165) is 18.5 Å². The fourth-order valence-electron chi connectivity index (χ4n) is 1.12. The molecular formula is C12H19N3O. The van der Waals surface area contributed by atoms with E-state index in [2.05, 4.69) is 17.1 Å². The lowest BCUT2D eigenvalue weighted by Crippen LogP contribution is -2.00. The van der Waals surface area contributed by atoms with Gasteiger partial charge in [0.1, 0.15) is 5.78 Å². The number of nitrogens with zero attached hydrogens (tertiary/aromatic N) is 2. The van der Waals surface area contributed by atoms with Gasteiger partial charge in [-0.05, 0) is 19.3 Å². The maximum Gasteiger partial charge on any atom is 0.129 e. The highest BCUT2D eigenvalue weighted by Gasteiger charge is 1.97. The van der Waals surface area contributed by atoms with Crippen LogP contribution < -0.4 is 5.73 Å². The molecule has 4 nitrogen and oxygen atoms in total. The van der Waals surface area contributed by atoms with Crippen molar-refractivity contribution in [2.24, 2.45) is 5.73 Å². The van der Waals surface area contributed by atoms with Gasteiger partial charge in [0.2, 0.25) is 0 Å². The minimum atomic E-state index is 0.208. The number of aromatic nitrogens is 2. The summed E-state index contributed by atoms with van der Waals surface area (Å²) in [5.41, 5.74) is 5.87. The lowest BCUT2D eigenvalue weighted by molar-refractivity contribution is -0.117. The van der Waals surface area contributed by atoms with Crippen molar-refractivity contribution in [2.75, 3.05) is 0 Å². The molecule has 1 aromatic rings. The van der Waals surface area contributed by atoms with Gasteiger partial charge in [-0.25, -0.2) is 0 Å². The van der Waals surface area contributed by atoms with Crippen molar-refractivity contribution >= 4 is 5.78 Å². The predicted molar refractivity (Wildman–Crippen MR) is 64.6 cm³/mol. The quantitative estimate of drug-likeness (QED) is 0.619. The summed E-state index contributed by atoms with van der Waals surface area (Å²) in [7, 11) is 0. The van der Waals surface area contributed by atoms with Gasteiger partial charge in [0, 0.05) is 25.2 Å². The van der Waals surface area contributed by atoms with E-state index < -0.39 is 0 Å². The summed E-state index contributed by atoms with van der Waals surface area (Å²) in [5.74, 6) is 2.91. The molecule has 0 saturated heterocycles. The molecule has 0 aliphatic heterocycles. The molecule has 88 valence electrons. The molecule has 0 atom stereocenters. The summed E-state index contributed by atoms with van der Waals surface area (Å²) in [6.45, 7) is 6.33. The first-order valence-corrected chi connectivity index (χ1v) is 5.46. The Morgan fingerprint density at radius 1 is 1.56 bits per heavy atom. The van der Waals surface area contributed by atoms with Crippen LogP contribution in [0.2, 0.25) is 0 Å². The molecule has 4 heteroatoms. The van der Waals surface area contributed by atoms with E-state index in [-0.39, 0.29) is 5.78 Å². The van der Waals surface area contributed by atoms with Crippen LogP contribution in [-0.4, -0.2) is 15.6 Å². The lowest BCUT2D eigenvalue weighted by atomic mass is 10.2. The summed E-state index contributed by atoms with van der Waals surface area (Å²) in [5, 5.41) is 4.08. The average Bonchev–Trinajstić information content (AvgIpc) is 2.69. The van der Waals surface area contributed by atoms with Crippen LogP contribution in [0.25, 0.3) is 0 Å². The van der Waals surface area contributed by atoms with Crippen molar-refractivity contribution in [3.63, 3.8) is 0 Å². The van der Waals surface area contributed by atoms with E-state index in [1.807, 2.05) is 20.0 Å². The first-order chi connectivity index (χ1) is 7.72. The van der Waals surface area contributed by atoms with E-state index in [4.69, 9.17) is 5.73 Å². The van der Waals surface area contributed by atoms with Gasteiger partial charge in [-0.3, -0.25) is 4.68 Å². The minimum Gasteiger partial charge on any atom is -0.359 e. The molecule has 0 fully saturated rings. The number of carbonyl (C=O) groups is 1. The zero-order valence-electron chi connectivity index (χ0n) is 10.2. The Morgan fingerprint density at radius 3 is 2.81 bits per heavy atom. The van der Waals surface area contributed by atoms with Gasteiger partial charge in [-0.15, -0.1) is 0 Å². The van der Waals surface area contributed by atoms with Gasteiger partial charge in [-0.2, -0.15) is 5.10 Å². The molecule has 1 rings (SSSR count). The molecule has 0 aliphatic rings. The third-order valence-electron chi connectivity index (χ3n) is 1.77. The van der Waals surface area contributed by atoms with Gasteiger partial charge >= 0.3 is 0 Å². The van der Waals surface area contributed by atoms with Crippen LogP contribution in [0.15, 0.2) is 12.4 Å². The minimum absolute atomic E-state index is 0.208. The molecule has 0 saturated carbocycles. The van der Waals surface area contributed by atoms with Crippen LogP contribution in [0.3, 0.4) is 0 Å². The molecule has 0 unspecified atom stereocenters. The topological polar surface area (TPSA) is 60.9 Å². The molecule has 0 amide bonds. The smallest absolute Gasteiger partial charge is 0.129 e. The van der Waals surface area contributed by atoms with E-state index in [1.54, 1.807) is 17.8 Å². The number of Topliss-reactive ketones (excluding diaryl/α,β-unsaturated/α-hetero) is 1. The van der Waals surface area contributed by atoms with Crippen molar-refractivity contribution in [2.45, 2.75) is 40.2 Å². The van der Waals surface area contributed by atoms with Crippen molar-refractivity contribution in [3.8, 4) is 12.0 Å². The van der Waals surface area contributed by atoms with Crippen molar-refractivity contribution < 1.29 is 4.79 Å². The number of hydrogen-bond acceptors (Lipinski definition) is 3.